The van der Waals surface area contributed by atoms with E-state index >= 15 is 0 Å². The molecule has 3 aromatic rings. The molecular formula is C24H28N4O2. The number of methoxy groups -OCH3 is 1. The number of ether oxygens (including phenoxy) is 1. The molecule has 6 heteroatoms. The topological polar surface area (TPSA) is 68.2 Å². The van der Waals surface area contributed by atoms with Gasteiger partial charge in [-0.25, -0.2) is 4.68 Å². The lowest BCUT2D eigenvalue weighted by atomic mass is 10.0. The number of carbonyl (C=O) groups is 1. The summed E-state index contributed by atoms with van der Waals surface area (Å²) in [6, 6.07) is 18.2. The SMILES string of the molecule is COc1ccc(C(NCC(=O)Nc2cc(C)nn2-c2ccc(C)cc2)C2CC2)cc1. The van der Waals surface area contributed by atoms with E-state index in [2.05, 4.69) is 27.9 Å². The Bertz CT molecular complexity index is 1000. The van der Waals surface area contributed by atoms with Crippen molar-refractivity contribution in [2.75, 3.05) is 19.0 Å². The predicted molar refractivity (Wildman–Crippen MR) is 118 cm³/mol. The zero-order valence-electron chi connectivity index (χ0n) is 17.7. The average molecular weight is 405 g/mol. The second kappa shape index (κ2) is 8.71. The van der Waals surface area contributed by atoms with E-state index in [1.165, 1.54) is 24.0 Å². The number of nitrogens with one attached hydrogen (secondary N) is 2. The molecule has 6 nitrogen and oxygen atoms in total. The Labute approximate surface area is 177 Å². The van der Waals surface area contributed by atoms with Crippen molar-refractivity contribution in [3.63, 3.8) is 0 Å². The van der Waals surface area contributed by atoms with Crippen LogP contribution < -0.4 is 15.4 Å². The molecule has 1 aliphatic carbocycles. The van der Waals surface area contributed by atoms with Gasteiger partial charge in [0.05, 0.1) is 25.0 Å². The zero-order chi connectivity index (χ0) is 21.1. The van der Waals surface area contributed by atoms with E-state index in [0.29, 0.717) is 11.7 Å². The van der Waals surface area contributed by atoms with E-state index in [4.69, 9.17) is 4.74 Å². The highest BCUT2D eigenvalue weighted by molar-refractivity contribution is 5.91. The van der Waals surface area contributed by atoms with Crippen LogP contribution in [0, 0.1) is 19.8 Å². The second-order valence-corrected chi connectivity index (χ2v) is 7.94. The number of rotatable bonds is 8. The van der Waals surface area contributed by atoms with E-state index in [1.807, 2.05) is 56.3 Å². The van der Waals surface area contributed by atoms with Gasteiger partial charge in [-0.15, -0.1) is 0 Å². The molecule has 1 heterocycles. The van der Waals surface area contributed by atoms with Crippen molar-refractivity contribution < 1.29 is 9.53 Å². The maximum Gasteiger partial charge on any atom is 0.239 e. The van der Waals surface area contributed by atoms with Gasteiger partial charge >= 0.3 is 0 Å². The van der Waals surface area contributed by atoms with Crippen LogP contribution in [-0.4, -0.2) is 29.3 Å². The summed E-state index contributed by atoms with van der Waals surface area (Å²) in [7, 11) is 1.67. The third-order valence-electron chi connectivity index (χ3n) is 5.43. The van der Waals surface area contributed by atoms with Gasteiger partial charge in [-0.2, -0.15) is 5.10 Å². The smallest absolute Gasteiger partial charge is 0.239 e. The van der Waals surface area contributed by atoms with Gasteiger partial charge in [0.15, 0.2) is 0 Å². The minimum absolute atomic E-state index is 0.0811. The Hall–Kier alpha value is -3.12. The van der Waals surface area contributed by atoms with Crippen molar-refractivity contribution >= 4 is 11.7 Å². The van der Waals surface area contributed by atoms with Gasteiger partial charge in [0.1, 0.15) is 11.6 Å². The molecule has 1 aliphatic rings. The molecule has 0 radical (unpaired) electrons. The number of nitrogens with zero attached hydrogens (tertiary/aromatic N) is 2. The minimum atomic E-state index is -0.0811. The van der Waals surface area contributed by atoms with Crippen LogP contribution in [-0.2, 0) is 4.79 Å². The number of carbonyl (C=O) groups excluding carboxylic acids is 1. The van der Waals surface area contributed by atoms with Crippen molar-refractivity contribution in [3.8, 4) is 11.4 Å². The van der Waals surface area contributed by atoms with Crippen LogP contribution in [0.5, 0.6) is 5.75 Å². The molecule has 1 fully saturated rings. The number of amides is 1. The summed E-state index contributed by atoms with van der Waals surface area (Å²) in [4.78, 5) is 12.7. The predicted octanol–water partition coefficient (Wildman–Crippen LogP) is 4.18. The molecule has 2 N–H and O–H groups in total. The van der Waals surface area contributed by atoms with Gasteiger partial charge in [0.25, 0.3) is 0 Å². The Morgan fingerprint density at radius 2 is 1.83 bits per heavy atom. The summed E-state index contributed by atoms with van der Waals surface area (Å²) < 4.78 is 7.03. The lowest BCUT2D eigenvalue weighted by Gasteiger charge is -2.19. The Balaban J connectivity index is 1.42. The fourth-order valence-corrected chi connectivity index (χ4v) is 3.66. The minimum Gasteiger partial charge on any atom is -0.497 e. The van der Waals surface area contributed by atoms with Gasteiger partial charge in [-0.05, 0) is 62.4 Å². The fraction of sp³-hybridized carbons (Fsp3) is 0.333. The largest absolute Gasteiger partial charge is 0.497 e. The van der Waals surface area contributed by atoms with Gasteiger partial charge < -0.3 is 15.4 Å². The second-order valence-electron chi connectivity index (χ2n) is 7.94. The summed E-state index contributed by atoms with van der Waals surface area (Å²) >= 11 is 0. The number of benzene rings is 2. The molecule has 1 unspecified atom stereocenters. The molecule has 30 heavy (non-hydrogen) atoms. The number of aryl methyl sites for hydroxylation is 2. The van der Waals surface area contributed by atoms with Gasteiger partial charge in [-0.3, -0.25) is 4.79 Å². The molecule has 2 aromatic carbocycles. The molecule has 1 saturated carbocycles. The van der Waals surface area contributed by atoms with Crippen LogP contribution in [0.15, 0.2) is 54.6 Å². The first-order valence-corrected chi connectivity index (χ1v) is 10.3. The first kappa shape index (κ1) is 20.2. The van der Waals surface area contributed by atoms with Crippen molar-refractivity contribution in [1.82, 2.24) is 15.1 Å². The molecule has 0 bridgehead atoms. The van der Waals surface area contributed by atoms with E-state index in [-0.39, 0.29) is 18.5 Å². The number of hydrogen-bond acceptors (Lipinski definition) is 4. The van der Waals surface area contributed by atoms with E-state index < -0.39 is 0 Å². The highest BCUT2D eigenvalue weighted by Gasteiger charge is 2.32. The molecule has 1 aromatic heterocycles. The molecule has 0 aliphatic heterocycles. The lowest BCUT2D eigenvalue weighted by Crippen LogP contribution is -2.32. The summed E-state index contributed by atoms with van der Waals surface area (Å²) in [5.74, 6) is 2.01. The van der Waals surface area contributed by atoms with Crippen molar-refractivity contribution in [1.29, 1.82) is 0 Å². The van der Waals surface area contributed by atoms with Gasteiger partial charge in [0.2, 0.25) is 5.91 Å². The quantitative estimate of drug-likeness (QED) is 0.591. The van der Waals surface area contributed by atoms with Crippen LogP contribution in [0.1, 0.15) is 35.7 Å². The molecule has 1 atom stereocenters. The van der Waals surface area contributed by atoms with E-state index in [1.54, 1.807) is 11.8 Å². The Morgan fingerprint density at radius 1 is 1.13 bits per heavy atom. The first-order chi connectivity index (χ1) is 14.5. The van der Waals surface area contributed by atoms with Gasteiger partial charge in [-0.1, -0.05) is 29.8 Å². The molecule has 156 valence electrons. The zero-order valence-corrected chi connectivity index (χ0v) is 17.7. The summed E-state index contributed by atoms with van der Waals surface area (Å²) in [6.45, 7) is 4.21. The van der Waals surface area contributed by atoms with Crippen molar-refractivity contribution in [2.45, 2.75) is 32.7 Å². The molecule has 0 spiro atoms. The lowest BCUT2D eigenvalue weighted by molar-refractivity contribution is -0.115. The summed E-state index contributed by atoms with van der Waals surface area (Å²) in [5, 5.41) is 11.0. The standard InChI is InChI=1S/C24H28N4O2/c1-16-4-10-20(11-5-16)28-22(14-17(2)27-28)26-23(29)15-25-24(18-6-7-18)19-8-12-21(30-3)13-9-19/h4-5,8-14,18,24-25H,6-7,15H2,1-3H3,(H,26,29). The summed E-state index contributed by atoms with van der Waals surface area (Å²) in [5.41, 5.74) is 4.15. The van der Waals surface area contributed by atoms with Crippen LogP contribution >= 0.6 is 0 Å². The average Bonchev–Trinajstić information content (AvgIpc) is 3.52. The van der Waals surface area contributed by atoms with Crippen LogP contribution in [0.4, 0.5) is 5.82 Å². The monoisotopic (exact) mass is 404 g/mol. The summed E-state index contributed by atoms with van der Waals surface area (Å²) in [6.07, 6.45) is 2.37. The number of aromatic nitrogens is 2. The Kier molecular flexibility index (Phi) is 5.86. The highest BCUT2D eigenvalue weighted by atomic mass is 16.5. The molecule has 1 amide bonds. The van der Waals surface area contributed by atoms with Crippen molar-refractivity contribution in [2.24, 2.45) is 5.92 Å². The maximum absolute atomic E-state index is 12.7. The normalized spacial score (nSPS) is 14.4. The third-order valence-corrected chi connectivity index (χ3v) is 5.43. The van der Waals surface area contributed by atoms with Crippen molar-refractivity contribution in [3.05, 3.63) is 71.4 Å². The van der Waals surface area contributed by atoms with E-state index in [0.717, 1.165) is 17.1 Å². The van der Waals surface area contributed by atoms with Crippen LogP contribution in [0.3, 0.4) is 0 Å². The Morgan fingerprint density at radius 3 is 2.47 bits per heavy atom. The molecule has 0 saturated heterocycles. The van der Waals surface area contributed by atoms with Crippen LogP contribution in [0.25, 0.3) is 5.69 Å². The maximum atomic E-state index is 12.7. The van der Waals surface area contributed by atoms with E-state index in [9.17, 15) is 4.79 Å². The molecular weight excluding hydrogens is 376 g/mol. The fourth-order valence-electron chi connectivity index (χ4n) is 3.66. The first-order valence-electron chi connectivity index (χ1n) is 10.3. The van der Waals surface area contributed by atoms with Crippen LogP contribution in [0.2, 0.25) is 0 Å². The number of hydrogen-bond donors (Lipinski definition) is 2. The number of anilines is 1. The highest BCUT2D eigenvalue weighted by Crippen LogP contribution is 2.41. The van der Waals surface area contributed by atoms with Gasteiger partial charge in [0, 0.05) is 12.1 Å². The molecule has 4 rings (SSSR count). The third kappa shape index (κ3) is 4.71.